The zero-order valence-corrected chi connectivity index (χ0v) is 12.1. The highest BCUT2D eigenvalue weighted by molar-refractivity contribution is 5.91. The number of hydrogen-bond acceptors (Lipinski definition) is 2. The average molecular weight is 279 g/mol. The molecule has 3 aromatic rings. The summed E-state index contributed by atoms with van der Waals surface area (Å²) in [4.78, 5) is 16.1. The molecule has 0 saturated carbocycles. The van der Waals surface area contributed by atoms with Crippen molar-refractivity contribution in [2.45, 2.75) is 20.3 Å². The highest BCUT2D eigenvalue weighted by atomic mass is 16.1. The van der Waals surface area contributed by atoms with Crippen molar-refractivity contribution in [1.82, 2.24) is 9.38 Å². The van der Waals surface area contributed by atoms with Gasteiger partial charge in [0.15, 0.2) is 0 Å². The molecule has 0 aliphatic rings. The van der Waals surface area contributed by atoms with Crippen LogP contribution in [0, 0.1) is 6.92 Å². The first-order valence-corrected chi connectivity index (χ1v) is 7.02. The topological polar surface area (TPSA) is 46.4 Å². The van der Waals surface area contributed by atoms with Gasteiger partial charge < -0.3 is 9.72 Å². The number of rotatable bonds is 3. The number of carbonyl (C=O) groups is 1. The lowest BCUT2D eigenvalue weighted by Gasteiger charge is -2.04. The lowest BCUT2D eigenvalue weighted by atomic mass is 10.1. The Balaban J connectivity index is 2.00. The van der Waals surface area contributed by atoms with Gasteiger partial charge in [0.1, 0.15) is 5.65 Å². The van der Waals surface area contributed by atoms with E-state index >= 15 is 0 Å². The first-order valence-electron chi connectivity index (χ1n) is 7.02. The number of aryl methyl sites for hydroxylation is 1. The van der Waals surface area contributed by atoms with Crippen molar-refractivity contribution in [3.8, 4) is 11.3 Å². The predicted molar refractivity (Wildman–Crippen MR) is 84.3 cm³/mol. The quantitative estimate of drug-likeness (QED) is 0.795. The van der Waals surface area contributed by atoms with Crippen molar-refractivity contribution < 1.29 is 4.79 Å². The molecule has 2 aromatic heterocycles. The smallest absolute Gasteiger partial charge is 0.224 e. The fourth-order valence-electron chi connectivity index (χ4n) is 2.29. The van der Waals surface area contributed by atoms with Gasteiger partial charge in [0.05, 0.1) is 5.69 Å². The molecule has 4 heteroatoms. The molecule has 0 aliphatic heterocycles. The summed E-state index contributed by atoms with van der Waals surface area (Å²) in [5.41, 5.74) is 4.76. The van der Waals surface area contributed by atoms with Gasteiger partial charge in [-0.25, -0.2) is 4.98 Å². The number of imidazole rings is 1. The van der Waals surface area contributed by atoms with E-state index in [2.05, 4.69) is 27.7 Å². The Morgan fingerprint density at radius 2 is 2.05 bits per heavy atom. The lowest BCUT2D eigenvalue weighted by molar-refractivity contribution is -0.115. The van der Waals surface area contributed by atoms with Crippen LogP contribution in [0.2, 0.25) is 0 Å². The van der Waals surface area contributed by atoms with Gasteiger partial charge in [0.25, 0.3) is 0 Å². The van der Waals surface area contributed by atoms with Crippen molar-refractivity contribution in [2.24, 2.45) is 0 Å². The molecule has 106 valence electrons. The van der Waals surface area contributed by atoms with E-state index in [-0.39, 0.29) is 5.91 Å². The molecule has 2 heterocycles. The molecule has 0 bridgehead atoms. The van der Waals surface area contributed by atoms with Crippen LogP contribution in [0.3, 0.4) is 0 Å². The number of pyridine rings is 1. The van der Waals surface area contributed by atoms with Crippen molar-refractivity contribution in [3.63, 3.8) is 0 Å². The molecule has 0 atom stereocenters. The van der Waals surface area contributed by atoms with Gasteiger partial charge >= 0.3 is 0 Å². The van der Waals surface area contributed by atoms with Crippen molar-refractivity contribution in [3.05, 3.63) is 54.4 Å². The lowest BCUT2D eigenvalue weighted by Crippen LogP contribution is -2.09. The zero-order chi connectivity index (χ0) is 14.8. The standard InChI is InChI=1S/C17H17N3O/c1-3-17(21)18-14-8-5-7-13(10-14)15-11-20-12(2)6-4-9-16(20)19-15/h4-11H,3H2,1-2H3,(H,18,21). The summed E-state index contributed by atoms with van der Waals surface area (Å²) in [6.45, 7) is 3.89. The van der Waals surface area contributed by atoms with Crippen LogP contribution in [0.25, 0.3) is 16.9 Å². The van der Waals surface area contributed by atoms with Crippen molar-refractivity contribution in [2.75, 3.05) is 5.32 Å². The van der Waals surface area contributed by atoms with E-state index in [1.54, 1.807) is 0 Å². The van der Waals surface area contributed by atoms with E-state index in [1.807, 2.05) is 49.5 Å². The normalized spacial score (nSPS) is 10.8. The Hall–Kier alpha value is -2.62. The third kappa shape index (κ3) is 2.65. The fourth-order valence-corrected chi connectivity index (χ4v) is 2.29. The summed E-state index contributed by atoms with van der Waals surface area (Å²) in [5, 5.41) is 2.87. The minimum atomic E-state index is 0.0120. The van der Waals surface area contributed by atoms with Gasteiger partial charge in [0, 0.05) is 29.6 Å². The molecule has 21 heavy (non-hydrogen) atoms. The average Bonchev–Trinajstić information content (AvgIpc) is 2.93. The Labute approximate surface area is 123 Å². The van der Waals surface area contributed by atoms with Gasteiger partial charge in [-0.3, -0.25) is 4.79 Å². The Bertz CT molecular complexity index is 805. The molecular formula is C17H17N3O. The van der Waals surface area contributed by atoms with Crippen LogP contribution in [0.15, 0.2) is 48.7 Å². The predicted octanol–water partition coefficient (Wildman–Crippen LogP) is 3.66. The van der Waals surface area contributed by atoms with Crippen LogP contribution in [0.5, 0.6) is 0 Å². The summed E-state index contributed by atoms with van der Waals surface area (Å²) in [7, 11) is 0. The van der Waals surface area contributed by atoms with Crippen LogP contribution >= 0.6 is 0 Å². The summed E-state index contributed by atoms with van der Waals surface area (Å²) < 4.78 is 2.06. The van der Waals surface area contributed by atoms with Crippen LogP contribution in [-0.2, 0) is 4.79 Å². The molecule has 1 amide bonds. The number of anilines is 1. The number of hydrogen-bond donors (Lipinski definition) is 1. The highest BCUT2D eigenvalue weighted by Gasteiger charge is 2.07. The van der Waals surface area contributed by atoms with E-state index in [0.717, 1.165) is 28.3 Å². The number of aromatic nitrogens is 2. The summed E-state index contributed by atoms with van der Waals surface area (Å²) in [5.74, 6) is 0.0120. The van der Waals surface area contributed by atoms with Crippen LogP contribution in [0.1, 0.15) is 19.0 Å². The largest absolute Gasteiger partial charge is 0.326 e. The molecule has 0 radical (unpaired) electrons. The van der Waals surface area contributed by atoms with E-state index in [1.165, 1.54) is 0 Å². The third-order valence-corrected chi connectivity index (χ3v) is 3.46. The van der Waals surface area contributed by atoms with Gasteiger partial charge in [0.2, 0.25) is 5.91 Å². The maximum atomic E-state index is 11.5. The summed E-state index contributed by atoms with van der Waals surface area (Å²) >= 11 is 0. The Kier molecular flexibility index (Phi) is 3.44. The molecule has 0 saturated heterocycles. The van der Waals surface area contributed by atoms with Crippen molar-refractivity contribution >= 4 is 17.2 Å². The van der Waals surface area contributed by atoms with Gasteiger partial charge in [-0.05, 0) is 31.2 Å². The van der Waals surface area contributed by atoms with Gasteiger partial charge in [-0.15, -0.1) is 0 Å². The number of nitrogens with zero attached hydrogens (tertiary/aromatic N) is 2. The third-order valence-electron chi connectivity index (χ3n) is 3.46. The van der Waals surface area contributed by atoms with E-state index in [4.69, 9.17) is 0 Å². The number of fused-ring (bicyclic) bond motifs is 1. The Morgan fingerprint density at radius 1 is 1.24 bits per heavy atom. The minimum absolute atomic E-state index is 0.0120. The molecule has 4 nitrogen and oxygen atoms in total. The second-order valence-corrected chi connectivity index (χ2v) is 5.00. The number of nitrogens with one attached hydrogen (secondary N) is 1. The minimum Gasteiger partial charge on any atom is -0.326 e. The maximum Gasteiger partial charge on any atom is 0.224 e. The molecule has 0 aliphatic carbocycles. The molecule has 3 rings (SSSR count). The molecular weight excluding hydrogens is 262 g/mol. The van der Waals surface area contributed by atoms with E-state index in [9.17, 15) is 4.79 Å². The Morgan fingerprint density at radius 3 is 2.81 bits per heavy atom. The maximum absolute atomic E-state index is 11.5. The number of amides is 1. The fraction of sp³-hybridized carbons (Fsp3) is 0.176. The summed E-state index contributed by atoms with van der Waals surface area (Å²) in [6, 6.07) is 13.8. The first kappa shape index (κ1) is 13.4. The molecule has 0 spiro atoms. The molecule has 1 N–H and O–H groups in total. The van der Waals surface area contributed by atoms with Crippen LogP contribution in [0.4, 0.5) is 5.69 Å². The van der Waals surface area contributed by atoms with E-state index < -0.39 is 0 Å². The van der Waals surface area contributed by atoms with Crippen LogP contribution < -0.4 is 5.32 Å². The van der Waals surface area contributed by atoms with Gasteiger partial charge in [-0.2, -0.15) is 0 Å². The zero-order valence-electron chi connectivity index (χ0n) is 12.1. The van der Waals surface area contributed by atoms with Crippen molar-refractivity contribution in [1.29, 1.82) is 0 Å². The SMILES string of the molecule is CCC(=O)Nc1cccc(-c2cn3c(C)cccc3n2)c1. The number of carbonyl (C=O) groups excluding carboxylic acids is 1. The second-order valence-electron chi connectivity index (χ2n) is 5.00. The van der Waals surface area contributed by atoms with Gasteiger partial charge in [-0.1, -0.05) is 25.1 Å². The highest BCUT2D eigenvalue weighted by Crippen LogP contribution is 2.23. The second kappa shape index (κ2) is 5.40. The van der Waals surface area contributed by atoms with E-state index in [0.29, 0.717) is 6.42 Å². The monoisotopic (exact) mass is 279 g/mol. The number of benzene rings is 1. The van der Waals surface area contributed by atoms with Crippen LogP contribution in [-0.4, -0.2) is 15.3 Å². The molecule has 1 aromatic carbocycles. The first-order chi connectivity index (χ1) is 10.2. The molecule has 0 unspecified atom stereocenters. The summed E-state index contributed by atoms with van der Waals surface area (Å²) in [6.07, 6.45) is 2.49. The molecule has 0 fully saturated rings.